The van der Waals surface area contributed by atoms with Crippen LogP contribution in [0.1, 0.15) is 38.3 Å². The minimum atomic E-state index is -2.99. The Morgan fingerprint density at radius 3 is 2.27 bits per heavy atom. The van der Waals surface area contributed by atoms with E-state index in [1.54, 1.807) is 0 Å². The van der Waals surface area contributed by atoms with Crippen LogP contribution >= 0.6 is 0 Å². The summed E-state index contributed by atoms with van der Waals surface area (Å²) < 4.78 is 22.5. The smallest absolute Gasteiger partial charge is 0.191 e. The number of hydrogen-bond donors (Lipinski definition) is 2. The fourth-order valence-corrected chi connectivity index (χ4v) is 2.67. The van der Waals surface area contributed by atoms with Gasteiger partial charge in [0.2, 0.25) is 0 Å². The van der Waals surface area contributed by atoms with Crippen molar-refractivity contribution in [3.8, 4) is 0 Å². The maximum absolute atomic E-state index is 11.3. The van der Waals surface area contributed by atoms with Crippen molar-refractivity contribution in [3.05, 3.63) is 35.4 Å². The maximum Gasteiger partial charge on any atom is 0.191 e. The van der Waals surface area contributed by atoms with Gasteiger partial charge in [-0.05, 0) is 31.4 Å². The summed E-state index contributed by atoms with van der Waals surface area (Å²) in [6.45, 7) is 7.66. The maximum atomic E-state index is 11.3. The first-order chi connectivity index (χ1) is 10.3. The lowest BCUT2D eigenvalue weighted by Gasteiger charge is -2.16. The molecule has 1 atom stereocenters. The molecule has 6 heteroatoms. The molecule has 2 N–H and O–H groups in total. The highest BCUT2D eigenvalue weighted by Gasteiger charge is 2.05. The largest absolute Gasteiger partial charge is 0.357 e. The van der Waals surface area contributed by atoms with Gasteiger partial charge in [-0.15, -0.1) is 0 Å². The molecule has 22 heavy (non-hydrogen) atoms. The van der Waals surface area contributed by atoms with Gasteiger partial charge in [-0.3, -0.25) is 0 Å². The number of guanidine groups is 1. The summed E-state index contributed by atoms with van der Waals surface area (Å²) in [7, 11) is -2.99. The topological polar surface area (TPSA) is 70.6 Å². The van der Waals surface area contributed by atoms with Crippen LogP contribution in [0.25, 0.3) is 0 Å². The van der Waals surface area contributed by atoms with E-state index < -0.39 is 9.84 Å². The summed E-state index contributed by atoms with van der Waals surface area (Å²) in [5, 5.41) is 6.56. The van der Waals surface area contributed by atoms with Gasteiger partial charge in [0.1, 0.15) is 0 Å². The molecule has 124 valence electrons. The zero-order valence-electron chi connectivity index (χ0n) is 13.9. The molecule has 0 saturated carbocycles. The van der Waals surface area contributed by atoms with Crippen LogP contribution in [0.15, 0.2) is 29.3 Å². The summed E-state index contributed by atoms with van der Waals surface area (Å²) in [6.07, 6.45) is 2.28. The SMILES string of the molecule is CCNC(=NCc1ccc(CS(C)(=O)=O)cc1)NC(C)CC. The van der Waals surface area contributed by atoms with Crippen molar-refractivity contribution in [2.75, 3.05) is 12.8 Å². The molecule has 1 aromatic rings. The van der Waals surface area contributed by atoms with Crippen LogP contribution in [0.5, 0.6) is 0 Å². The molecule has 0 aliphatic heterocycles. The van der Waals surface area contributed by atoms with E-state index in [4.69, 9.17) is 0 Å². The summed E-state index contributed by atoms with van der Waals surface area (Å²) in [6, 6.07) is 7.92. The number of rotatable bonds is 7. The third-order valence-electron chi connectivity index (χ3n) is 3.21. The van der Waals surface area contributed by atoms with Crippen LogP contribution < -0.4 is 10.6 Å². The molecule has 0 bridgehead atoms. The number of aliphatic imine (C=N–C) groups is 1. The van der Waals surface area contributed by atoms with E-state index in [1.165, 1.54) is 6.26 Å². The number of benzene rings is 1. The number of hydrogen-bond acceptors (Lipinski definition) is 3. The summed E-state index contributed by atoms with van der Waals surface area (Å²) >= 11 is 0. The molecule has 0 spiro atoms. The van der Waals surface area contributed by atoms with E-state index in [0.717, 1.165) is 30.1 Å². The Hall–Kier alpha value is -1.56. The van der Waals surface area contributed by atoms with Crippen molar-refractivity contribution < 1.29 is 8.42 Å². The molecular formula is C16H27N3O2S. The Labute approximate surface area is 134 Å². The predicted octanol–water partition coefficient (Wildman–Crippen LogP) is 2.08. The van der Waals surface area contributed by atoms with Gasteiger partial charge in [-0.2, -0.15) is 0 Å². The highest BCUT2D eigenvalue weighted by atomic mass is 32.2. The third-order valence-corrected chi connectivity index (χ3v) is 4.07. The van der Waals surface area contributed by atoms with Crippen molar-refractivity contribution >= 4 is 15.8 Å². The van der Waals surface area contributed by atoms with E-state index in [2.05, 4.69) is 29.5 Å². The summed E-state index contributed by atoms with van der Waals surface area (Å²) in [5.41, 5.74) is 1.86. The van der Waals surface area contributed by atoms with E-state index in [-0.39, 0.29) is 5.75 Å². The summed E-state index contributed by atoms with van der Waals surface area (Å²) in [5.74, 6) is 0.881. The molecule has 0 aliphatic rings. The molecule has 0 aromatic heterocycles. The highest BCUT2D eigenvalue weighted by Crippen LogP contribution is 2.08. The van der Waals surface area contributed by atoms with Gasteiger partial charge in [0.05, 0.1) is 12.3 Å². The Morgan fingerprint density at radius 2 is 1.77 bits per heavy atom. The van der Waals surface area contributed by atoms with Crippen molar-refractivity contribution in [2.24, 2.45) is 4.99 Å². The summed E-state index contributed by atoms with van der Waals surface area (Å²) in [4.78, 5) is 4.55. The minimum Gasteiger partial charge on any atom is -0.357 e. The number of nitrogens with zero attached hydrogens (tertiary/aromatic N) is 1. The molecular weight excluding hydrogens is 298 g/mol. The predicted molar refractivity (Wildman–Crippen MR) is 92.7 cm³/mol. The molecule has 1 aromatic carbocycles. The minimum absolute atomic E-state index is 0.0781. The Balaban J connectivity index is 2.69. The monoisotopic (exact) mass is 325 g/mol. The van der Waals surface area contributed by atoms with Crippen LogP contribution in [-0.4, -0.2) is 33.2 Å². The number of nitrogens with one attached hydrogen (secondary N) is 2. The van der Waals surface area contributed by atoms with Gasteiger partial charge in [0.15, 0.2) is 15.8 Å². The molecule has 0 fully saturated rings. The van der Waals surface area contributed by atoms with Crippen LogP contribution in [-0.2, 0) is 22.1 Å². The Kier molecular flexibility index (Phi) is 7.38. The quantitative estimate of drug-likeness (QED) is 0.595. The molecule has 0 heterocycles. The van der Waals surface area contributed by atoms with E-state index >= 15 is 0 Å². The number of sulfone groups is 1. The first-order valence-electron chi connectivity index (χ1n) is 7.64. The van der Waals surface area contributed by atoms with Gasteiger partial charge in [0.25, 0.3) is 0 Å². The first-order valence-corrected chi connectivity index (χ1v) is 9.70. The van der Waals surface area contributed by atoms with Crippen molar-refractivity contribution in [3.63, 3.8) is 0 Å². The lowest BCUT2D eigenvalue weighted by atomic mass is 10.1. The molecule has 0 aliphatic carbocycles. The van der Waals surface area contributed by atoms with Gasteiger partial charge in [0, 0.05) is 18.8 Å². The normalized spacial score (nSPS) is 13.7. The zero-order valence-corrected chi connectivity index (χ0v) is 14.7. The van der Waals surface area contributed by atoms with Gasteiger partial charge in [-0.25, -0.2) is 13.4 Å². The van der Waals surface area contributed by atoms with Crippen LogP contribution in [0, 0.1) is 0 Å². The average molecular weight is 325 g/mol. The average Bonchev–Trinajstić information content (AvgIpc) is 2.44. The second-order valence-corrected chi connectivity index (χ2v) is 7.68. The second kappa shape index (κ2) is 8.78. The highest BCUT2D eigenvalue weighted by molar-refractivity contribution is 7.89. The second-order valence-electron chi connectivity index (χ2n) is 5.54. The van der Waals surface area contributed by atoms with Crippen LogP contribution in [0.4, 0.5) is 0 Å². The zero-order chi connectivity index (χ0) is 16.6. The van der Waals surface area contributed by atoms with Crippen LogP contribution in [0.3, 0.4) is 0 Å². The van der Waals surface area contributed by atoms with Gasteiger partial charge in [-0.1, -0.05) is 31.2 Å². The van der Waals surface area contributed by atoms with Gasteiger partial charge >= 0.3 is 0 Å². The van der Waals surface area contributed by atoms with Gasteiger partial charge < -0.3 is 10.6 Å². The van der Waals surface area contributed by atoms with E-state index in [1.807, 2.05) is 31.2 Å². The fraction of sp³-hybridized carbons (Fsp3) is 0.562. The molecule has 1 unspecified atom stereocenters. The lowest BCUT2D eigenvalue weighted by molar-refractivity contribution is 0.601. The molecule has 0 saturated heterocycles. The molecule has 5 nitrogen and oxygen atoms in total. The standard InChI is InChI=1S/C16H27N3O2S/c1-5-13(3)19-16(17-6-2)18-11-14-7-9-15(10-8-14)12-22(4,20)21/h7-10,13H,5-6,11-12H2,1-4H3,(H2,17,18,19). The van der Waals surface area contributed by atoms with Crippen LogP contribution in [0.2, 0.25) is 0 Å². The van der Waals surface area contributed by atoms with Crippen molar-refractivity contribution in [2.45, 2.75) is 45.5 Å². The first kappa shape index (κ1) is 18.5. The van der Waals surface area contributed by atoms with Crippen molar-refractivity contribution in [1.29, 1.82) is 0 Å². The van der Waals surface area contributed by atoms with Crippen molar-refractivity contribution in [1.82, 2.24) is 10.6 Å². The molecule has 0 radical (unpaired) electrons. The fourth-order valence-electron chi connectivity index (χ4n) is 1.87. The Bertz CT molecular complexity index is 580. The Morgan fingerprint density at radius 1 is 1.18 bits per heavy atom. The van der Waals surface area contributed by atoms with E-state index in [0.29, 0.717) is 12.6 Å². The van der Waals surface area contributed by atoms with E-state index in [9.17, 15) is 8.42 Å². The molecule has 1 rings (SSSR count). The third kappa shape index (κ3) is 7.45. The molecule has 0 amide bonds. The lowest BCUT2D eigenvalue weighted by Crippen LogP contribution is -2.41.